The first-order chi connectivity index (χ1) is 9.58. The van der Waals surface area contributed by atoms with E-state index in [9.17, 15) is 31.5 Å². The number of alkyl halides is 3. The van der Waals surface area contributed by atoms with Crippen LogP contribution >= 0.6 is 0 Å². The number of hydrogen-bond acceptors (Lipinski definition) is 2. The van der Waals surface area contributed by atoms with E-state index in [0.717, 1.165) is 12.1 Å². The molecule has 0 aliphatic rings. The van der Waals surface area contributed by atoms with Gasteiger partial charge in [-0.05, 0) is 11.6 Å². The summed E-state index contributed by atoms with van der Waals surface area (Å²) in [5, 5.41) is 8.50. The fraction of sp³-hybridized carbons (Fsp3) is 0.333. The molecule has 0 aromatic heterocycles. The number of halogens is 5. The van der Waals surface area contributed by atoms with Crippen molar-refractivity contribution in [3.63, 3.8) is 0 Å². The van der Waals surface area contributed by atoms with Gasteiger partial charge < -0.3 is 10.0 Å². The van der Waals surface area contributed by atoms with E-state index in [1.165, 1.54) is 0 Å². The van der Waals surface area contributed by atoms with Crippen LogP contribution in [0.4, 0.5) is 22.0 Å². The van der Waals surface area contributed by atoms with Gasteiger partial charge >= 0.3 is 12.1 Å². The van der Waals surface area contributed by atoms with Gasteiger partial charge in [0.15, 0.2) is 0 Å². The van der Waals surface area contributed by atoms with Gasteiger partial charge in [-0.15, -0.1) is 0 Å². The third-order valence-electron chi connectivity index (χ3n) is 2.41. The van der Waals surface area contributed by atoms with E-state index in [1.54, 1.807) is 0 Å². The standard InChI is InChI=1S/C12H10F5NO3/c13-8-2-1-7(9(14)4-8)3-10(19)18(5-11(20)21)6-12(15,16)17/h1-2,4H,3,5-6H2,(H,20,21). The maximum absolute atomic E-state index is 13.3. The van der Waals surface area contributed by atoms with E-state index in [1.807, 2.05) is 0 Å². The summed E-state index contributed by atoms with van der Waals surface area (Å²) in [4.78, 5) is 22.2. The van der Waals surface area contributed by atoms with Gasteiger partial charge in [0, 0.05) is 6.07 Å². The van der Waals surface area contributed by atoms with Gasteiger partial charge in [0.2, 0.25) is 5.91 Å². The molecule has 4 nitrogen and oxygen atoms in total. The summed E-state index contributed by atoms with van der Waals surface area (Å²) in [5.74, 6) is -4.85. The molecule has 21 heavy (non-hydrogen) atoms. The highest BCUT2D eigenvalue weighted by Crippen LogP contribution is 2.18. The fourth-order valence-corrected chi connectivity index (χ4v) is 1.55. The molecule has 0 aliphatic carbocycles. The van der Waals surface area contributed by atoms with Gasteiger partial charge in [-0.2, -0.15) is 13.2 Å². The second-order valence-corrected chi connectivity index (χ2v) is 4.17. The number of nitrogens with zero attached hydrogens (tertiary/aromatic N) is 1. The first-order valence-corrected chi connectivity index (χ1v) is 5.59. The fourth-order valence-electron chi connectivity index (χ4n) is 1.55. The number of carbonyl (C=O) groups is 2. The minimum Gasteiger partial charge on any atom is -0.480 e. The molecule has 0 radical (unpaired) electrons. The van der Waals surface area contributed by atoms with E-state index < -0.39 is 49.2 Å². The Morgan fingerprint density at radius 2 is 1.81 bits per heavy atom. The molecule has 1 amide bonds. The van der Waals surface area contributed by atoms with Crippen LogP contribution in [0.1, 0.15) is 5.56 Å². The van der Waals surface area contributed by atoms with Crippen molar-refractivity contribution >= 4 is 11.9 Å². The summed E-state index contributed by atoms with van der Waals surface area (Å²) in [6, 6.07) is 2.24. The van der Waals surface area contributed by atoms with Crippen LogP contribution in [0.15, 0.2) is 18.2 Å². The van der Waals surface area contributed by atoms with E-state index >= 15 is 0 Å². The lowest BCUT2D eigenvalue weighted by Gasteiger charge is -2.22. The third kappa shape index (κ3) is 5.76. The summed E-state index contributed by atoms with van der Waals surface area (Å²) in [7, 11) is 0. The monoisotopic (exact) mass is 311 g/mol. The van der Waals surface area contributed by atoms with Crippen molar-refractivity contribution in [1.29, 1.82) is 0 Å². The number of amides is 1. The van der Waals surface area contributed by atoms with Gasteiger partial charge in [-0.1, -0.05) is 6.07 Å². The van der Waals surface area contributed by atoms with Crippen molar-refractivity contribution < 1.29 is 36.6 Å². The quantitative estimate of drug-likeness (QED) is 0.846. The predicted molar refractivity (Wildman–Crippen MR) is 60.3 cm³/mol. The summed E-state index contributed by atoms with van der Waals surface area (Å²) in [6.45, 7) is -2.93. The Morgan fingerprint density at radius 1 is 1.19 bits per heavy atom. The van der Waals surface area contributed by atoms with Crippen LogP contribution in [-0.2, 0) is 16.0 Å². The Bertz CT molecular complexity index is 544. The summed E-state index contributed by atoms with van der Waals surface area (Å²) in [5.41, 5.74) is -0.320. The number of carbonyl (C=O) groups excluding carboxylic acids is 1. The number of carboxylic acids is 1. The molecule has 116 valence electrons. The maximum atomic E-state index is 13.3. The van der Waals surface area contributed by atoms with E-state index in [2.05, 4.69) is 0 Å². The molecule has 1 aromatic rings. The Hall–Kier alpha value is -2.19. The van der Waals surface area contributed by atoms with Crippen LogP contribution in [0.2, 0.25) is 0 Å². The van der Waals surface area contributed by atoms with Crippen LogP contribution < -0.4 is 0 Å². The van der Waals surface area contributed by atoms with Crippen molar-refractivity contribution in [2.45, 2.75) is 12.6 Å². The molecule has 0 atom stereocenters. The average Bonchev–Trinajstić information content (AvgIpc) is 2.29. The van der Waals surface area contributed by atoms with Crippen molar-refractivity contribution in [3.8, 4) is 0 Å². The molecule has 0 bridgehead atoms. The zero-order valence-corrected chi connectivity index (χ0v) is 10.5. The number of aliphatic carboxylic acids is 1. The van der Waals surface area contributed by atoms with Gasteiger partial charge in [0.1, 0.15) is 24.7 Å². The molecule has 0 saturated heterocycles. The molecule has 1 N–H and O–H groups in total. The molecule has 0 aliphatic heterocycles. The first kappa shape index (κ1) is 16.9. The number of hydrogen-bond donors (Lipinski definition) is 1. The smallest absolute Gasteiger partial charge is 0.406 e. The lowest BCUT2D eigenvalue weighted by Crippen LogP contribution is -2.42. The summed E-state index contributed by atoms with van der Waals surface area (Å²) < 4.78 is 62.8. The van der Waals surface area contributed by atoms with Crippen molar-refractivity contribution in [1.82, 2.24) is 4.90 Å². The van der Waals surface area contributed by atoms with Crippen LogP contribution in [0, 0.1) is 11.6 Å². The molecule has 1 aromatic carbocycles. The molecule has 0 unspecified atom stereocenters. The highest BCUT2D eigenvalue weighted by Gasteiger charge is 2.34. The van der Waals surface area contributed by atoms with Gasteiger partial charge in [-0.3, -0.25) is 9.59 Å². The van der Waals surface area contributed by atoms with Crippen LogP contribution in [0.25, 0.3) is 0 Å². The molecule has 0 fully saturated rings. The molecule has 9 heteroatoms. The SMILES string of the molecule is O=C(O)CN(CC(F)(F)F)C(=O)Cc1ccc(F)cc1F. The zero-order valence-electron chi connectivity index (χ0n) is 10.5. The zero-order chi connectivity index (χ0) is 16.2. The van der Waals surface area contributed by atoms with E-state index in [0.29, 0.717) is 6.07 Å². The van der Waals surface area contributed by atoms with Crippen LogP contribution in [0.3, 0.4) is 0 Å². The minimum absolute atomic E-state index is 0.0468. The Labute approximate surface area is 115 Å². The largest absolute Gasteiger partial charge is 0.480 e. The number of rotatable bonds is 5. The topological polar surface area (TPSA) is 57.6 Å². The van der Waals surface area contributed by atoms with E-state index in [4.69, 9.17) is 5.11 Å². The summed E-state index contributed by atoms with van der Waals surface area (Å²) >= 11 is 0. The normalized spacial score (nSPS) is 11.3. The number of benzene rings is 1. The lowest BCUT2D eigenvalue weighted by molar-refractivity contribution is -0.165. The second kappa shape index (κ2) is 6.51. The van der Waals surface area contributed by atoms with Crippen molar-refractivity contribution in [2.24, 2.45) is 0 Å². The summed E-state index contributed by atoms with van der Waals surface area (Å²) in [6.07, 6.45) is -5.58. The molecule has 1 rings (SSSR count). The molecular formula is C12H10F5NO3. The Kier molecular flexibility index (Phi) is 5.23. The molecule has 0 saturated carbocycles. The third-order valence-corrected chi connectivity index (χ3v) is 2.41. The maximum Gasteiger partial charge on any atom is 0.406 e. The van der Waals surface area contributed by atoms with Crippen molar-refractivity contribution in [3.05, 3.63) is 35.4 Å². The van der Waals surface area contributed by atoms with Crippen molar-refractivity contribution in [2.75, 3.05) is 13.1 Å². The minimum atomic E-state index is -4.79. The molecule has 0 spiro atoms. The van der Waals surface area contributed by atoms with Crippen LogP contribution in [0.5, 0.6) is 0 Å². The van der Waals surface area contributed by atoms with E-state index in [-0.39, 0.29) is 10.5 Å². The van der Waals surface area contributed by atoms with Gasteiger partial charge in [-0.25, -0.2) is 8.78 Å². The highest BCUT2D eigenvalue weighted by atomic mass is 19.4. The lowest BCUT2D eigenvalue weighted by atomic mass is 10.1. The van der Waals surface area contributed by atoms with Gasteiger partial charge in [0.05, 0.1) is 6.42 Å². The molecular weight excluding hydrogens is 301 g/mol. The van der Waals surface area contributed by atoms with Crippen LogP contribution in [-0.4, -0.2) is 41.1 Å². The Balaban J connectivity index is 2.87. The highest BCUT2D eigenvalue weighted by molar-refractivity contribution is 5.83. The Morgan fingerprint density at radius 3 is 2.29 bits per heavy atom. The average molecular weight is 311 g/mol. The predicted octanol–water partition coefficient (Wildman–Crippen LogP) is 1.98. The van der Waals surface area contributed by atoms with Gasteiger partial charge in [0.25, 0.3) is 0 Å². The molecule has 0 heterocycles. The second-order valence-electron chi connectivity index (χ2n) is 4.17. The first-order valence-electron chi connectivity index (χ1n) is 5.59. The number of carboxylic acid groups (broad SMARTS) is 1.